The molecule has 3 rings (SSSR count). The summed E-state index contributed by atoms with van der Waals surface area (Å²) in [7, 11) is 0. The molecular weight excluding hydrogens is 236 g/mol. The molecule has 0 aliphatic heterocycles. The minimum Gasteiger partial charge on any atom is -0.332 e. The zero-order chi connectivity index (χ0) is 13.4. The molecule has 0 spiro atoms. The second-order valence-electron chi connectivity index (χ2n) is 5.49. The highest BCUT2D eigenvalue weighted by Gasteiger charge is 2.22. The van der Waals surface area contributed by atoms with Gasteiger partial charge in [0.25, 0.3) is 0 Å². The molecule has 0 bridgehead atoms. The van der Waals surface area contributed by atoms with E-state index in [2.05, 4.69) is 24.6 Å². The molecule has 0 amide bonds. The maximum absolute atomic E-state index is 5.84. The van der Waals surface area contributed by atoms with Gasteiger partial charge >= 0.3 is 0 Å². The molecule has 0 saturated heterocycles. The third-order valence-electron chi connectivity index (χ3n) is 4.27. The first-order valence-electron chi connectivity index (χ1n) is 7.31. The lowest BCUT2D eigenvalue weighted by molar-refractivity contribution is 0.664. The van der Waals surface area contributed by atoms with Crippen LogP contribution in [0.1, 0.15) is 55.6 Å². The van der Waals surface area contributed by atoms with Gasteiger partial charge in [0, 0.05) is 30.6 Å². The molecule has 2 aromatic rings. The van der Waals surface area contributed by atoms with E-state index in [0.29, 0.717) is 12.5 Å². The predicted octanol–water partition coefficient (Wildman–Crippen LogP) is 2.88. The van der Waals surface area contributed by atoms with Gasteiger partial charge in [-0.15, -0.1) is 0 Å². The van der Waals surface area contributed by atoms with Crippen LogP contribution in [0.15, 0.2) is 6.20 Å². The molecule has 1 saturated carbocycles. The summed E-state index contributed by atoms with van der Waals surface area (Å²) < 4.78 is 2.20. The zero-order valence-corrected chi connectivity index (χ0v) is 11.8. The van der Waals surface area contributed by atoms with E-state index in [1.54, 1.807) is 0 Å². The summed E-state index contributed by atoms with van der Waals surface area (Å²) in [6, 6.07) is 0. The first-order chi connectivity index (χ1) is 9.24. The maximum atomic E-state index is 5.84. The van der Waals surface area contributed by atoms with E-state index < -0.39 is 0 Å². The molecule has 1 fully saturated rings. The van der Waals surface area contributed by atoms with Crippen LogP contribution in [0.3, 0.4) is 0 Å². The Bertz CT molecular complexity index is 594. The average Bonchev–Trinajstić information content (AvgIpc) is 3.05. The molecule has 1 aliphatic carbocycles. The quantitative estimate of drug-likeness (QED) is 0.921. The van der Waals surface area contributed by atoms with Crippen molar-refractivity contribution in [1.29, 1.82) is 0 Å². The Kier molecular flexibility index (Phi) is 3.27. The second kappa shape index (κ2) is 4.93. The van der Waals surface area contributed by atoms with Gasteiger partial charge in [-0.3, -0.25) is 0 Å². The minimum atomic E-state index is 0.552. The average molecular weight is 258 g/mol. The Balaban J connectivity index is 2.18. The van der Waals surface area contributed by atoms with Gasteiger partial charge in [0.05, 0.1) is 5.69 Å². The number of nitrogens with zero attached hydrogens (tertiary/aromatic N) is 3. The normalized spacial score (nSPS) is 16.6. The molecule has 102 valence electrons. The van der Waals surface area contributed by atoms with Crippen LogP contribution in [0.2, 0.25) is 0 Å². The number of aryl methyl sites for hydroxylation is 2. The van der Waals surface area contributed by atoms with Crippen molar-refractivity contribution in [2.75, 3.05) is 0 Å². The van der Waals surface area contributed by atoms with E-state index in [0.717, 1.165) is 34.7 Å². The largest absolute Gasteiger partial charge is 0.332 e. The van der Waals surface area contributed by atoms with Gasteiger partial charge in [-0.2, -0.15) is 0 Å². The number of hydrogen-bond donors (Lipinski definition) is 1. The van der Waals surface area contributed by atoms with Gasteiger partial charge in [0.15, 0.2) is 0 Å². The van der Waals surface area contributed by atoms with Crippen LogP contribution in [0.4, 0.5) is 0 Å². The Labute approximate surface area is 114 Å². The number of fused-ring (bicyclic) bond motifs is 1. The lowest BCUT2D eigenvalue weighted by Gasteiger charge is -2.10. The van der Waals surface area contributed by atoms with Crippen LogP contribution >= 0.6 is 0 Å². The summed E-state index contributed by atoms with van der Waals surface area (Å²) in [4.78, 5) is 9.61. The Morgan fingerprint density at radius 2 is 2.05 bits per heavy atom. The van der Waals surface area contributed by atoms with E-state index in [1.165, 1.54) is 25.7 Å². The van der Waals surface area contributed by atoms with Crippen molar-refractivity contribution in [3.8, 4) is 0 Å². The van der Waals surface area contributed by atoms with Crippen molar-refractivity contribution < 1.29 is 0 Å². The first kappa shape index (κ1) is 12.6. The molecule has 19 heavy (non-hydrogen) atoms. The van der Waals surface area contributed by atoms with Gasteiger partial charge < -0.3 is 10.3 Å². The van der Waals surface area contributed by atoms with Gasteiger partial charge in [0.2, 0.25) is 0 Å². The number of hydrogen-bond acceptors (Lipinski definition) is 3. The van der Waals surface area contributed by atoms with Crippen molar-refractivity contribution in [3.63, 3.8) is 0 Å². The van der Waals surface area contributed by atoms with E-state index in [-0.39, 0.29) is 0 Å². The SMILES string of the molecule is CCn1cc(CN)c2c(C)nc(C3CCCC3)nc21. The smallest absolute Gasteiger partial charge is 0.144 e. The lowest BCUT2D eigenvalue weighted by Crippen LogP contribution is -2.05. The highest BCUT2D eigenvalue weighted by atomic mass is 15.1. The monoisotopic (exact) mass is 258 g/mol. The molecule has 2 N–H and O–H groups in total. The Morgan fingerprint density at radius 3 is 2.68 bits per heavy atom. The number of rotatable bonds is 3. The highest BCUT2D eigenvalue weighted by molar-refractivity contribution is 5.83. The van der Waals surface area contributed by atoms with Crippen molar-refractivity contribution in [2.24, 2.45) is 5.73 Å². The summed E-state index contributed by atoms with van der Waals surface area (Å²) in [6.45, 7) is 5.71. The highest BCUT2D eigenvalue weighted by Crippen LogP contribution is 2.33. The van der Waals surface area contributed by atoms with Gasteiger partial charge in [0.1, 0.15) is 11.5 Å². The molecule has 4 heteroatoms. The van der Waals surface area contributed by atoms with Crippen molar-refractivity contribution in [3.05, 3.63) is 23.3 Å². The molecule has 0 radical (unpaired) electrons. The molecule has 2 heterocycles. The fraction of sp³-hybridized carbons (Fsp3) is 0.600. The van der Waals surface area contributed by atoms with Crippen molar-refractivity contribution in [1.82, 2.24) is 14.5 Å². The molecule has 4 nitrogen and oxygen atoms in total. The summed E-state index contributed by atoms with van der Waals surface area (Å²) in [5.41, 5.74) is 9.15. The fourth-order valence-electron chi connectivity index (χ4n) is 3.24. The standard InChI is InChI=1S/C15H22N4/c1-3-19-9-12(8-16)13-10(2)17-14(18-15(13)19)11-6-4-5-7-11/h9,11H,3-8,16H2,1-2H3. The van der Waals surface area contributed by atoms with Crippen molar-refractivity contribution in [2.45, 2.75) is 58.5 Å². The third kappa shape index (κ3) is 2.04. The van der Waals surface area contributed by atoms with Gasteiger partial charge in [-0.1, -0.05) is 12.8 Å². The Morgan fingerprint density at radius 1 is 1.32 bits per heavy atom. The van der Waals surface area contributed by atoms with E-state index in [9.17, 15) is 0 Å². The summed E-state index contributed by atoms with van der Waals surface area (Å²) in [5.74, 6) is 1.60. The summed E-state index contributed by atoms with van der Waals surface area (Å²) >= 11 is 0. The van der Waals surface area contributed by atoms with Crippen LogP contribution < -0.4 is 5.73 Å². The Hall–Kier alpha value is -1.42. The molecule has 2 aromatic heterocycles. The summed E-state index contributed by atoms with van der Waals surface area (Å²) in [5, 5.41) is 1.16. The van der Waals surface area contributed by atoms with E-state index >= 15 is 0 Å². The fourth-order valence-corrected chi connectivity index (χ4v) is 3.24. The van der Waals surface area contributed by atoms with E-state index in [4.69, 9.17) is 15.7 Å². The van der Waals surface area contributed by atoms with Crippen LogP contribution in [-0.2, 0) is 13.1 Å². The molecular formula is C15H22N4. The summed E-state index contributed by atoms with van der Waals surface area (Å²) in [6.07, 6.45) is 7.23. The lowest BCUT2D eigenvalue weighted by atomic mass is 10.1. The van der Waals surface area contributed by atoms with Crippen LogP contribution in [0.25, 0.3) is 11.0 Å². The van der Waals surface area contributed by atoms with E-state index in [1.807, 2.05) is 0 Å². The van der Waals surface area contributed by atoms with Gasteiger partial charge in [-0.05, 0) is 32.3 Å². The van der Waals surface area contributed by atoms with Crippen LogP contribution in [0.5, 0.6) is 0 Å². The number of aromatic nitrogens is 3. The maximum Gasteiger partial charge on any atom is 0.144 e. The van der Waals surface area contributed by atoms with Crippen LogP contribution in [0, 0.1) is 6.92 Å². The predicted molar refractivity (Wildman–Crippen MR) is 77.0 cm³/mol. The minimum absolute atomic E-state index is 0.552. The first-order valence-corrected chi connectivity index (χ1v) is 7.31. The molecule has 0 atom stereocenters. The third-order valence-corrected chi connectivity index (χ3v) is 4.27. The molecule has 0 unspecified atom stereocenters. The second-order valence-corrected chi connectivity index (χ2v) is 5.49. The molecule has 0 aromatic carbocycles. The molecule has 1 aliphatic rings. The van der Waals surface area contributed by atoms with Crippen LogP contribution in [-0.4, -0.2) is 14.5 Å². The topological polar surface area (TPSA) is 56.7 Å². The number of nitrogens with two attached hydrogens (primary N) is 1. The zero-order valence-electron chi connectivity index (χ0n) is 11.8. The van der Waals surface area contributed by atoms with Crippen molar-refractivity contribution >= 4 is 11.0 Å². The van der Waals surface area contributed by atoms with Gasteiger partial charge in [-0.25, -0.2) is 9.97 Å².